The minimum Gasteiger partial charge on any atom is -0.354 e. The molecule has 0 unspecified atom stereocenters. The molecule has 1 aromatic rings. The Kier molecular flexibility index (Phi) is 2.67. The van der Waals surface area contributed by atoms with Gasteiger partial charge in [0.1, 0.15) is 0 Å². The normalized spacial score (nSPS) is 25.7. The fourth-order valence-electron chi connectivity index (χ4n) is 2.88. The summed E-state index contributed by atoms with van der Waals surface area (Å²) >= 11 is 0. The molecule has 104 valence electrons. The number of rotatable bonds is 1. The molecule has 1 N–H and O–H groups in total. The molecule has 20 heavy (non-hydrogen) atoms. The maximum absolute atomic E-state index is 12.5. The number of carbonyl (C=O) groups excluding carboxylic acids is 3. The Morgan fingerprint density at radius 3 is 2.50 bits per heavy atom. The van der Waals surface area contributed by atoms with Gasteiger partial charge < -0.3 is 5.32 Å². The fourth-order valence-corrected chi connectivity index (χ4v) is 2.88. The zero-order chi connectivity index (χ0) is 14.5. The van der Waals surface area contributed by atoms with E-state index in [9.17, 15) is 14.4 Å². The number of nitrogens with zero attached hydrogens (tertiary/aromatic N) is 1. The predicted octanol–water partition coefficient (Wildman–Crippen LogP) is 1.26. The van der Waals surface area contributed by atoms with Crippen molar-refractivity contribution in [1.82, 2.24) is 10.2 Å². The highest BCUT2D eigenvalue weighted by Gasteiger charge is 2.47. The van der Waals surface area contributed by atoms with E-state index in [1.807, 2.05) is 19.9 Å². The van der Waals surface area contributed by atoms with E-state index < -0.39 is 5.54 Å². The average molecular weight is 272 g/mol. The zero-order valence-electron chi connectivity index (χ0n) is 11.5. The number of benzene rings is 1. The Hall–Kier alpha value is -2.17. The third-order valence-corrected chi connectivity index (χ3v) is 4.14. The van der Waals surface area contributed by atoms with E-state index in [0.717, 1.165) is 5.56 Å². The van der Waals surface area contributed by atoms with E-state index in [1.165, 1.54) is 4.90 Å². The Morgan fingerprint density at radius 2 is 1.85 bits per heavy atom. The summed E-state index contributed by atoms with van der Waals surface area (Å²) in [4.78, 5) is 37.6. The van der Waals surface area contributed by atoms with Crippen LogP contribution in [0.5, 0.6) is 0 Å². The highest BCUT2D eigenvalue weighted by molar-refractivity contribution is 6.22. The topological polar surface area (TPSA) is 66.5 Å². The first-order valence-electron chi connectivity index (χ1n) is 6.69. The Balaban J connectivity index is 1.99. The molecular formula is C15H16N2O3. The first-order valence-corrected chi connectivity index (χ1v) is 6.69. The molecule has 1 saturated heterocycles. The summed E-state index contributed by atoms with van der Waals surface area (Å²) in [7, 11) is 0. The monoisotopic (exact) mass is 272 g/mol. The van der Waals surface area contributed by atoms with Gasteiger partial charge in [0.05, 0.1) is 16.7 Å². The van der Waals surface area contributed by atoms with Gasteiger partial charge in [-0.1, -0.05) is 11.6 Å². The van der Waals surface area contributed by atoms with Crippen LogP contribution in [-0.2, 0) is 4.79 Å². The number of fused-ring (bicyclic) bond motifs is 1. The van der Waals surface area contributed by atoms with Crippen molar-refractivity contribution < 1.29 is 14.4 Å². The zero-order valence-corrected chi connectivity index (χ0v) is 11.5. The van der Waals surface area contributed by atoms with Crippen molar-refractivity contribution in [2.75, 3.05) is 6.54 Å². The highest BCUT2D eigenvalue weighted by atomic mass is 16.2. The van der Waals surface area contributed by atoms with Gasteiger partial charge in [-0.25, -0.2) is 0 Å². The van der Waals surface area contributed by atoms with Crippen LogP contribution in [0.2, 0.25) is 0 Å². The summed E-state index contributed by atoms with van der Waals surface area (Å²) < 4.78 is 0. The number of hydrogen-bond acceptors (Lipinski definition) is 3. The van der Waals surface area contributed by atoms with Gasteiger partial charge in [-0.05, 0) is 32.4 Å². The van der Waals surface area contributed by atoms with Gasteiger partial charge in [-0.3, -0.25) is 19.3 Å². The third kappa shape index (κ3) is 1.73. The van der Waals surface area contributed by atoms with Crippen LogP contribution in [0.3, 0.4) is 0 Å². The number of imide groups is 1. The molecule has 1 fully saturated rings. The number of piperidine rings is 1. The summed E-state index contributed by atoms with van der Waals surface area (Å²) in [6, 6.07) is 5.29. The number of amides is 3. The van der Waals surface area contributed by atoms with Gasteiger partial charge >= 0.3 is 0 Å². The van der Waals surface area contributed by atoms with Crippen molar-refractivity contribution in [2.24, 2.45) is 0 Å². The molecule has 0 radical (unpaired) electrons. The second-order valence-electron chi connectivity index (χ2n) is 5.77. The lowest BCUT2D eigenvalue weighted by Gasteiger charge is -2.40. The van der Waals surface area contributed by atoms with E-state index in [0.29, 0.717) is 30.5 Å². The number of nitrogens with one attached hydrogen (secondary N) is 1. The highest BCUT2D eigenvalue weighted by Crippen LogP contribution is 2.33. The fraction of sp³-hybridized carbons (Fsp3) is 0.400. The van der Waals surface area contributed by atoms with Gasteiger partial charge in [-0.15, -0.1) is 0 Å². The Labute approximate surface area is 116 Å². The number of hydrogen-bond donors (Lipinski definition) is 1. The van der Waals surface area contributed by atoms with Gasteiger partial charge in [0.2, 0.25) is 5.91 Å². The summed E-state index contributed by atoms with van der Waals surface area (Å²) in [5.74, 6) is -0.550. The Morgan fingerprint density at radius 1 is 1.15 bits per heavy atom. The minimum atomic E-state index is -0.644. The summed E-state index contributed by atoms with van der Waals surface area (Å²) in [5, 5.41) is 2.74. The molecule has 0 bridgehead atoms. The van der Waals surface area contributed by atoms with Crippen LogP contribution < -0.4 is 5.32 Å². The minimum absolute atomic E-state index is 0.0325. The first kappa shape index (κ1) is 12.8. The lowest BCUT2D eigenvalue weighted by atomic mass is 9.90. The largest absolute Gasteiger partial charge is 0.354 e. The van der Waals surface area contributed by atoms with Crippen molar-refractivity contribution >= 4 is 17.7 Å². The van der Waals surface area contributed by atoms with Gasteiger partial charge in [0.25, 0.3) is 11.8 Å². The third-order valence-electron chi connectivity index (χ3n) is 4.14. The lowest BCUT2D eigenvalue weighted by Crippen LogP contribution is -2.59. The van der Waals surface area contributed by atoms with Crippen molar-refractivity contribution in [2.45, 2.75) is 32.2 Å². The van der Waals surface area contributed by atoms with Crippen LogP contribution in [0.1, 0.15) is 46.0 Å². The molecule has 0 aliphatic carbocycles. The predicted molar refractivity (Wildman–Crippen MR) is 72.3 cm³/mol. The van der Waals surface area contributed by atoms with Gasteiger partial charge in [-0.2, -0.15) is 0 Å². The van der Waals surface area contributed by atoms with Crippen molar-refractivity contribution in [3.8, 4) is 0 Å². The van der Waals surface area contributed by atoms with Gasteiger partial charge in [0, 0.05) is 13.0 Å². The standard InChI is InChI=1S/C15H16N2O3/c1-9-3-4-10-11(7-9)14(20)17(13(10)19)15(2)6-5-12(18)16-8-15/h3-4,7H,5-6,8H2,1-2H3,(H,16,18)/t15-/m0/s1. The maximum Gasteiger partial charge on any atom is 0.262 e. The Bertz CT molecular complexity index is 626. The molecule has 0 aromatic heterocycles. The van der Waals surface area contributed by atoms with Crippen LogP contribution >= 0.6 is 0 Å². The number of aryl methyl sites for hydroxylation is 1. The molecule has 5 nitrogen and oxygen atoms in total. The van der Waals surface area contributed by atoms with E-state index in [4.69, 9.17) is 0 Å². The van der Waals surface area contributed by atoms with E-state index in [-0.39, 0.29) is 17.7 Å². The molecule has 2 heterocycles. The van der Waals surface area contributed by atoms with Crippen LogP contribution in [0.25, 0.3) is 0 Å². The lowest BCUT2D eigenvalue weighted by molar-refractivity contribution is -0.124. The second kappa shape index (κ2) is 4.16. The maximum atomic E-state index is 12.5. The SMILES string of the molecule is Cc1ccc2c(c1)C(=O)N([C@@]1(C)CCC(=O)NC1)C2=O. The molecule has 0 saturated carbocycles. The van der Waals surface area contributed by atoms with Crippen molar-refractivity contribution in [1.29, 1.82) is 0 Å². The van der Waals surface area contributed by atoms with Crippen LogP contribution in [0.4, 0.5) is 0 Å². The van der Waals surface area contributed by atoms with Crippen molar-refractivity contribution in [3.63, 3.8) is 0 Å². The molecule has 3 rings (SSSR count). The smallest absolute Gasteiger partial charge is 0.262 e. The summed E-state index contributed by atoms with van der Waals surface area (Å²) in [6.07, 6.45) is 0.840. The molecule has 1 aromatic carbocycles. The van der Waals surface area contributed by atoms with E-state index in [2.05, 4.69) is 5.32 Å². The van der Waals surface area contributed by atoms with Crippen LogP contribution in [0, 0.1) is 6.92 Å². The number of carbonyl (C=O) groups is 3. The molecule has 5 heteroatoms. The van der Waals surface area contributed by atoms with Crippen LogP contribution in [-0.4, -0.2) is 34.7 Å². The second-order valence-corrected chi connectivity index (χ2v) is 5.77. The summed E-state index contributed by atoms with van der Waals surface area (Å²) in [5.41, 5.74) is 1.23. The molecule has 1 atom stereocenters. The molecule has 2 aliphatic heterocycles. The first-order chi connectivity index (χ1) is 9.42. The van der Waals surface area contributed by atoms with Crippen molar-refractivity contribution in [3.05, 3.63) is 34.9 Å². The van der Waals surface area contributed by atoms with E-state index in [1.54, 1.807) is 12.1 Å². The molecule has 3 amide bonds. The summed E-state index contributed by atoms with van der Waals surface area (Å²) in [6.45, 7) is 4.06. The van der Waals surface area contributed by atoms with E-state index >= 15 is 0 Å². The quantitative estimate of drug-likeness (QED) is 0.783. The average Bonchev–Trinajstić information content (AvgIpc) is 2.66. The molecular weight excluding hydrogens is 256 g/mol. The van der Waals surface area contributed by atoms with Crippen LogP contribution in [0.15, 0.2) is 18.2 Å². The molecule has 0 spiro atoms. The van der Waals surface area contributed by atoms with Gasteiger partial charge in [0.15, 0.2) is 0 Å². The molecule has 2 aliphatic rings.